The fraction of sp³-hybridized carbons (Fsp3) is 0.550. The van der Waals surface area contributed by atoms with Crippen molar-refractivity contribution in [1.82, 2.24) is 9.80 Å². The Bertz CT molecular complexity index is 591. The van der Waals surface area contributed by atoms with Gasteiger partial charge in [0.05, 0.1) is 6.07 Å². The predicted octanol–water partition coefficient (Wildman–Crippen LogP) is 6.05. The maximum absolute atomic E-state index is 8.68. The molecule has 0 saturated carbocycles. The maximum atomic E-state index is 8.68. The third kappa shape index (κ3) is 13.1. The minimum atomic E-state index is -0.415. The summed E-state index contributed by atoms with van der Waals surface area (Å²) in [6.07, 6.45) is 0. The molecule has 0 aromatic heterocycles. The number of nitrogens with zero attached hydrogens (tertiary/aromatic N) is 3. The molecule has 0 unspecified atom stereocenters. The molecule has 0 fully saturated rings. The van der Waals surface area contributed by atoms with E-state index in [9.17, 15) is 0 Å². The van der Waals surface area contributed by atoms with E-state index < -0.39 is 4.75 Å². The van der Waals surface area contributed by atoms with E-state index in [0.29, 0.717) is 0 Å². The highest BCUT2D eigenvalue weighted by Gasteiger charge is 2.20. The van der Waals surface area contributed by atoms with E-state index in [1.54, 1.807) is 11.8 Å². The van der Waals surface area contributed by atoms with E-state index in [0.717, 1.165) is 27.5 Å². The summed E-state index contributed by atoms with van der Waals surface area (Å²) in [5, 5.41) is 8.68. The highest BCUT2D eigenvalue weighted by Crippen LogP contribution is 2.25. The van der Waals surface area contributed by atoms with Gasteiger partial charge in [-0.1, -0.05) is 85.7 Å². The predicted molar refractivity (Wildman–Crippen MR) is 134 cm³/mol. The molecule has 3 nitrogen and oxygen atoms in total. The maximum Gasteiger partial charge on any atom is 0.137 e. The summed E-state index contributed by atoms with van der Waals surface area (Å²) in [6.45, 7) is 9.98. The molecule has 27 heavy (non-hydrogen) atoms. The van der Waals surface area contributed by atoms with Crippen LogP contribution < -0.4 is 0 Å². The van der Waals surface area contributed by atoms with Gasteiger partial charge in [-0.05, 0) is 33.3 Å². The number of thioether (sulfide) groups is 2. The first-order valence-corrected chi connectivity index (χ1v) is 11.1. The van der Waals surface area contributed by atoms with Crippen LogP contribution in [-0.4, -0.2) is 50.4 Å². The Morgan fingerprint density at radius 2 is 1.59 bits per heavy atom. The summed E-state index contributed by atoms with van der Waals surface area (Å²) in [7, 11) is 3.76. The zero-order chi connectivity index (χ0) is 20.2. The van der Waals surface area contributed by atoms with E-state index >= 15 is 0 Å². The Kier molecular flexibility index (Phi) is 15.9. The molecule has 0 heterocycles. The van der Waals surface area contributed by atoms with E-state index in [2.05, 4.69) is 49.1 Å². The second kappa shape index (κ2) is 15.2. The van der Waals surface area contributed by atoms with Crippen LogP contribution in [0.1, 0.15) is 40.7 Å². The van der Waals surface area contributed by atoms with Gasteiger partial charge in [-0.2, -0.15) is 5.26 Å². The Balaban J connectivity index is 0. The van der Waals surface area contributed by atoms with Gasteiger partial charge in [0.2, 0.25) is 0 Å². The summed E-state index contributed by atoms with van der Waals surface area (Å²) in [4.78, 5) is 4.04. The molecule has 0 N–H and O–H groups in total. The van der Waals surface area contributed by atoms with Gasteiger partial charge in [0.15, 0.2) is 0 Å². The van der Waals surface area contributed by atoms with Gasteiger partial charge in [0.25, 0.3) is 0 Å². The van der Waals surface area contributed by atoms with Crippen LogP contribution in [0, 0.1) is 11.3 Å². The summed E-state index contributed by atoms with van der Waals surface area (Å²) < 4.78 is 1.34. The fourth-order valence-corrected chi connectivity index (χ4v) is 4.27. The molecule has 0 saturated heterocycles. The molecule has 1 rings (SSSR count). The molecule has 0 atom stereocenters. The van der Waals surface area contributed by atoms with E-state index in [1.807, 2.05) is 38.9 Å². The van der Waals surface area contributed by atoms with Crippen LogP contribution in [0.15, 0.2) is 30.3 Å². The molecule has 0 spiro atoms. The van der Waals surface area contributed by atoms with E-state index in [4.69, 9.17) is 29.7 Å². The molecule has 1 aromatic rings. The van der Waals surface area contributed by atoms with E-state index in [-0.39, 0.29) is 7.43 Å². The molecular formula is C20H33N3S4. The van der Waals surface area contributed by atoms with Gasteiger partial charge >= 0.3 is 0 Å². The molecular weight excluding hydrogens is 411 g/mol. The molecule has 0 aliphatic rings. The van der Waals surface area contributed by atoms with Crippen molar-refractivity contribution in [2.24, 2.45) is 0 Å². The SMILES string of the molecule is C.CCN(CC)C(=S)SCc1ccccc1.CN(C)C(=S)SC(C)(C)C#N. The minimum absolute atomic E-state index is 0. The molecule has 1 aromatic carbocycles. The van der Waals surface area contributed by atoms with Crippen molar-refractivity contribution in [3.05, 3.63) is 35.9 Å². The second-order valence-corrected chi connectivity index (χ2v) is 9.96. The van der Waals surface area contributed by atoms with Crippen LogP contribution in [0.25, 0.3) is 0 Å². The van der Waals surface area contributed by atoms with Gasteiger partial charge < -0.3 is 9.80 Å². The topological polar surface area (TPSA) is 30.3 Å². The normalized spacial score (nSPS) is 9.81. The van der Waals surface area contributed by atoms with Gasteiger partial charge in [0, 0.05) is 32.9 Å². The molecule has 0 radical (unpaired) electrons. The van der Waals surface area contributed by atoms with Crippen LogP contribution >= 0.6 is 48.0 Å². The van der Waals surface area contributed by atoms with Crippen molar-refractivity contribution in [1.29, 1.82) is 5.26 Å². The van der Waals surface area contributed by atoms with Crippen LogP contribution in [0.4, 0.5) is 0 Å². The monoisotopic (exact) mass is 443 g/mol. The standard InChI is InChI=1S/C12H17NS2.C7H12N2S2.CH4/c1-3-13(4-2)12(14)15-10-11-8-6-5-7-9-11;1-7(2,5-8)11-6(10)9(3)4;/h5-9H,3-4,10H2,1-2H3;1-4H3;1H4. The minimum Gasteiger partial charge on any atom is -0.364 e. The second-order valence-electron chi connectivity index (χ2n) is 6.10. The van der Waals surface area contributed by atoms with Crippen LogP contribution in [0.3, 0.4) is 0 Å². The average molecular weight is 444 g/mol. The lowest BCUT2D eigenvalue weighted by molar-refractivity contribution is 0.482. The van der Waals surface area contributed by atoms with Crippen LogP contribution in [0.2, 0.25) is 0 Å². The number of hydrogen-bond donors (Lipinski definition) is 0. The van der Waals surface area contributed by atoms with Crippen molar-refractivity contribution >= 4 is 56.6 Å². The lowest BCUT2D eigenvalue weighted by Gasteiger charge is -2.20. The van der Waals surface area contributed by atoms with Crippen molar-refractivity contribution < 1.29 is 0 Å². The molecule has 0 bridgehead atoms. The molecule has 0 amide bonds. The third-order valence-electron chi connectivity index (χ3n) is 3.20. The molecule has 0 aliphatic heterocycles. The number of hydrogen-bond acceptors (Lipinski definition) is 5. The molecule has 152 valence electrons. The lowest BCUT2D eigenvalue weighted by Crippen LogP contribution is -2.26. The molecule has 0 aliphatic carbocycles. The first-order valence-electron chi connectivity index (χ1n) is 8.44. The average Bonchev–Trinajstić information content (AvgIpc) is 2.62. The molecule has 7 heteroatoms. The Morgan fingerprint density at radius 3 is 2.00 bits per heavy atom. The quantitative estimate of drug-likeness (QED) is 0.512. The van der Waals surface area contributed by atoms with Gasteiger partial charge in [0.1, 0.15) is 13.4 Å². The highest BCUT2D eigenvalue weighted by atomic mass is 32.2. The first-order chi connectivity index (χ1) is 12.2. The summed E-state index contributed by atoms with van der Waals surface area (Å²) in [5.74, 6) is 0.968. The Hall–Kier alpha value is -0.810. The van der Waals surface area contributed by atoms with Crippen LogP contribution in [-0.2, 0) is 5.75 Å². The van der Waals surface area contributed by atoms with Gasteiger partial charge in [-0.15, -0.1) is 0 Å². The summed E-state index contributed by atoms with van der Waals surface area (Å²) >= 11 is 13.5. The highest BCUT2D eigenvalue weighted by molar-refractivity contribution is 8.24. The Labute approximate surface area is 185 Å². The number of nitriles is 1. The van der Waals surface area contributed by atoms with Gasteiger partial charge in [-0.3, -0.25) is 0 Å². The summed E-state index contributed by atoms with van der Waals surface area (Å²) in [6, 6.07) is 12.6. The van der Waals surface area contributed by atoms with Crippen molar-refractivity contribution in [3.8, 4) is 6.07 Å². The van der Waals surface area contributed by atoms with E-state index in [1.165, 1.54) is 17.3 Å². The largest absolute Gasteiger partial charge is 0.364 e. The van der Waals surface area contributed by atoms with Crippen molar-refractivity contribution in [2.45, 2.75) is 45.6 Å². The summed E-state index contributed by atoms with van der Waals surface area (Å²) in [5.41, 5.74) is 1.33. The number of thiocarbonyl (C=S) groups is 2. The van der Waals surface area contributed by atoms with Crippen molar-refractivity contribution in [2.75, 3.05) is 27.2 Å². The van der Waals surface area contributed by atoms with Crippen molar-refractivity contribution in [3.63, 3.8) is 0 Å². The third-order valence-corrected chi connectivity index (χ3v) is 6.55. The number of benzene rings is 1. The van der Waals surface area contributed by atoms with Gasteiger partial charge in [-0.25, -0.2) is 0 Å². The van der Waals surface area contributed by atoms with Crippen LogP contribution in [0.5, 0.6) is 0 Å². The number of rotatable bonds is 5. The lowest BCUT2D eigenvalue weighted by atomic mass is 10.2. The first kappa shape index (κ1) is 28.4. The smallest absolute Gasteiger partial charge is 0.137 e. The fourth-order valence-electron chi connectivity index (χ4n) is 1.62. The Morgan fingerprint density at radius 1 is 1.07 bits per heavy atom. The zero-order valence-electron chi connectivity index (χ0n) is 16.5. The zero-order valence-corrected chi connectivity index (χ0v) is 19.7.